The van der Waals surface area contributed by atoms with Crippen molar-refractivity contribution >= 4 is 5.91 Å². The Hall–Kier alpha value is -0.610. The van der Waals surface area contributed by atoms with Crippen molar-refractivity contribution in [2.24, 2.45) is 0 Å². The van der Waals surface area contributed by atoms with Gasteiger partial charge in [0.25, 0.3) is 0 Å². The predicted molar refractivity (Wildman–Crippen MR) is 69.0 cm³/mol. The van der Waals surface area contributed by atoms with Gasteiger partial charge in [-0.05, 0) is 40.0 Å². The fourth-order valence-corrected chi connectivity index (χ4v) is 2.17. The van der Waals surface area contributed by atoms with E-state index >= 15 is 0 Å². The molecule has 1 amide bonds. The lowest BCUT2D eigenvalue weighted by Gasteiger charge is -2.27. The second-order valence-corrected chi connectivity index (χ2v) is 4.63. The fourth-order valence-electron chi connectivity index (χ4n) is 2.17. The molecule has 0 radical (unpaired) electrons. The molecule has 1 saturated heterocycles. The van der Waals surface area contributed by atoms with Crippen LogP contribution in [0.1, 0.15) is 40.0 Å². The van der Waals surface area contributed by atoms with E-state index in [0.29, 0.717) is 0 Å². The van der Waals surface area contributed by atoms with Crippen molar-refractivity contribution in [3.8, 4) is 0 Å². The zero-order valence-corrected chi connectivity index (χ0v) is 11.4. The number of nitrogens with zero attached hydrogens (tertiary/aromatic N) is 1. The molecule has 1 rings (SSSR count). The summed E-state index contributed by atoms with van der Waals surface area (Å²) in [7, 11) is 0. The minimum absolute atomic E-state index is 0.111. The van der Waals surface area contributed by atoms with Crippen LogP contribution < -0.4 is 5.32 Å². The van der Waals surface area contributed by atoms with E-state index < -0.39 is 0 Å². The summed E-state index contributed by atoms with van der Waals surface area (Å²) in [5.41, 5.74) is 0. The van der Waals surface area contributed by atoms with Crippen LogP contribution in [0.5, 0.6) is 0 Å². The van der Waals surface area contributed by atoms with Gasteiger partial charge in [0.2, 0.25) is 5.91 Å². The van der Waals surface area contributed by atoms with Gasteiger partial charge >= 0.3 is 0 Å². The molecule has 0 saturated carbocycles. The molecule has 1 aliphatic rings. The van der Waals surface area contributed by atoms with Gasteiger partial charge < -0.3 is 15.0 Å². The van der Waals surface area contributed by atoms with E-state index in [1.165, 1.54) is 12.8 Å². The zero-order chi connectivity index (χ0) is 12.7. The average Bonchev–Trinajstić information content (AvgIpc) is 2.38. The van der Waals surface area contributed by atoms with E-state index in [1.54, 1.807) is 0 Å². The lowest BCUT2D eigenvalue weighted by molar-refractivity contribution is -0.132. The summed E-state index contributed by atoms with van der Waals surface area (Å²) in [5.74, 6) is 0.186. The molecule has 0 aromatic rings. The van der Waals surface area contributed by atoms with Gasteiger partial charge in [-0.2, -0.15) is 0 Å². The SMILES string of the molecule is CCN(CC)C(=O)C(C)NCC1CCCCO1. The topological polar surface area (TPSA) is 41.6 Å². The van der Waals surface area contributed by atoms with Gasteiger partial charge in [0.1, 0.15) is 0 Å². The van der Waals surface area contributed by atoms with Crippen LogP contribution in [0.3, 0.4) is 0 Å². The number of hydrogen-bond acceptors (Lipinski definition) is 3. The minimum Gasteiger partial charge on any atom is -0.377 e. The Morgan fingerprint density at radius 2 is 2.12 bits per heavy atom. The van der Waals surface area contributed by atoms with Gasteiger partial charge in [0.05, 0.1) is 12.1 Å². The van der Waals surface area contributed by atoms with Crippen LogP contribution in [0.4, 0.5) is 0 Å². The zero-order valence-electron chi connectivity index (χ0n) is 11.4. The van der Waals surface area contributed by atoms with Crippen molar-refractivity contribution in [1.29, 1.82) is 0 Å². The molecule has 0 aromatic heterocycles. The van der Waals surface area contributed by atoms with Gasteiger partial charge in [0.15, 0.2) is 0 Å². The molecule has 4 nitrogen and oxygen atoms in total. The van der Waals surface area contributed by atoms with Crippen LogP contribution >= 0.6 is 0 Å². The van der Waals surface area contributed by atoms with Crippen LogP contribution in [0, 0.1) is 0 Å². The maximum atomic E-state index is 12.0. The molecule has 1 heterocycles. The second-order valence-electron chi connectivity index (χ2n) is 4.63. The van der Waals surface area contributed by atoms with Crippen molar-refractivity contribution in [3.63, 3.8) is 0 Å². The summed E-state index contributed by atoms with van der Waals surface area (Å²) in [6, 6.07) is -0.111. The molecule has 1 N–H and O–H groups in total. The third kappa shape index (κ3) is 4.64. The minimum atomic E-state index is -0.111. The Labute approximate surface area is 105 Å². The maximum absolute atomic E-state index is 12.0. The Balaban J connectivity index is 2.27. The van der Waals surface area contributed by atoms with Crippen molar-refractivity contribution in [2.75, 3.05) is 26.2 Å². The van der Waals surface area contributed by atoms with Crippen LogP contribution in [0.25, 0.3) is 0 Å². The third-order valence-corrected chi connectivity index (χ3v) is 3.37. The van der Waals surface area contributed by atoms with E-state index in [2.05, 4.69) is 5.32 Å². The highest BCUT2D eigenvalue weighted by Gasteiger charge is 2.20. The molecule has 2 unspecified atom stereocenters. The number of carbonyl (C=O) groups excluding carboxylic acids is 1. The number of hydrogen-bond donors (Lipinski definition) is 1. The van der Waals surface area contributed by atoms with Crippen molar-refractivity contribution in [1.82, 2.24) is 10.2 Å². The molecule has 1 fully saturated rings. The number of amides is 1. The number of ether oxygens (including phenoxy) is 1. The Morgan fingerprint density at radius 1 is 1.41 bits per heavy atom. The molecule has 100 valence electrons. The molecule has 0 bridgehead atoms. The molecule has 0 spiro atoms. The van der Waals surface area contributed by atoms with E-state index in [0.717, 1.165) is 32.7 Å². The van der Waals surface area contributed by atoms with E-state index in [1.807, 2.05) is 25.7 Å². The number of rotatable bonds is 6. The van der Waals surface area contributed by atoms with E-state index in [4.69, 9.17) is 4.74 Å². The summed E-state index contributed by atoms with van der Waals surface area (Å²) >= 11 is 0. The quantitative estimate of drug-likeness (QED) is 0.765. The molecule has 0 aliphatic carbocycles. The summed E-state index contributed by atoms with van der Waals surface area (Å²) in [4.78, 5) is 13.9. The average molecular weight is 242 g/mol. The van der Waals surface area contributed by atoms with Gasteiger partial charge in [-0.15, -0.1) is 0 Å². The first-order chi connectivity index (χ1) is 8.19. The molecule has 0 aromatic carbocycles. The van der Waals surface area contributed by atoms with Crippen LogP contribution in [0.15, 0.2) is 0 Å². The van der Waals surface area contributed by atoms with Crippen LogP contribution in [-0.2, 0) is 9.53 Å². The first-order valence-electron chi connectivity index (χ1n) is 6.82. The number of carbonyl (C=O) groups is 1. The highest BCUT2D eigenvalue weighted by molar-refractivity contribution is 5.81. The largest absolute Gasteiger partial charge is 0.377 e. The number of likely N-dealkylation sites (N-methyl/N-ethyl adjacent to an activating group) is 1. The summed E-state index contributed by atoms with van der Waals surface area (Å²) in [6.07, 6.45) is 3.81. The summed E-state index contributed by atoms with van der Waals surface area (Å²) < 4.78 is 5.63. The monoisotopic (exact) mass is 242 g/mol. The van der Waals surface area contributed by atoms with Crippen LogP contribution in [-0.4, -0.2) is 49.2 Å². The Kier molecular flexibility index (Phi) is 6.52. The van der Waals surface area contributed by atoms with Crippen molar-refractivity contribution in [3.05, 3.63) is 0 Å². The van der Waals surface area contributed by atoms with Crippen molar-refractivity contribution < 1.29 is 9.53 Å². The molecule has 2 atom stereocenters. The Morgan fingerprint density at radius 3 is 2.65 bits per heavy atom. The van der Waals surface area contributed by atoms with Crippen LogP contribution in [0.2, 0.25) is 0 Å². The molecule has 17 heavy (non-hydrogen) atoms. The van der Waals surface area contributed by atoms with E-state index in [9.17, 15) is 4.79 Å². The van der Waals surface area contributed by atoms with Gasteiger partial charge in [0, 0.05) is 26.2 Å². The highest BCUT2D eigenvalue weighted by Crippen LogP contribution is 2.11. The lowest BCUT2D eigenvalue weighted by atomic mass is 10.1. The molecular weight excluding hydrogens is 216 g/mol. The summed E-state index contributed by atoms with van der Waals surface area (Å²) in [6.45, 7) is 9.17. The van der Waals surface area contributed by atoms with Gasteiger partial charge in [-0.1, -0.05) is 0 Å². The van der Waals surface area contributed by atoms with Gasteiger partial charge in [-0.3, -0.25) is 4.79 Å². The fraction of sp³-hybridized carbons (Fsp3) is 0.923. The highest BCUT2D eigenvalue weighted by atomic mass is 16.5. The second kappa shape index (κ2) is 7.67. The van der Waals surface area contributed by atoms with Gasteiger partial charge in [-0.25, -0.2) is 0 Å². The smallest absolute Gasteiger partial charge is 0.239 e. The molecule has 1 aliphatic heterocycles. The first kappa shape index (κ1) is 14.5. The normalized spacial score (nSPS) is 22.2. The molecule has 4 heteroatoms. The summed E-state index contributed by atoms with van der Waals surface area (Å²) in [5, 5.41) is 3.28. The first-order valence-corrected chi connectivity index (χ1v) is 6.82. The number of nitrogens with one attached hydrogen (secondary N) is 1. The predicted octanol–water partition coefficient (Wildman–Crippen LogP) is 1.40. The Bertz CT molecular complexity index is 223. The van der Waals surface area contributed by atoms with Crippen molar-refractivity contribution in [2.45, 2.75) is 52.2 Å². The third-order valence-electron chi connectivity index (χ3n) is 3.37. The lowest BCUT2D eigenvalue weighted by Crippen LogP contribution is -2.47. The maximum Gasteiger partial charge on any atom is 0.239 e. The van der Waals surface area contributed by atoms with E-state index in [-0.39, 0.29) is 18.1 Å². The standard InChI is InChI=1S/C13H26N2O2/c1-4-15(5-2)13(16)11(3)14-10-12-8-6-7-9-17-12/h11-12,14H,4-10H2,1-3H3. The molecular formula is C13H26N2O2.